The van der Waals surface area contributed by atoms with Crippen molar-refractivity contribution in [2.75, 3.05) is 0 Å². The summed E-state index contributed by atoms with van der Waals surface area (Å²) >= 11 is 1.74. The van der Waals surface area contributed by atoms with E-state index in [0.717, 1.165) is 45.1 Å². The van der Waals surface area contributed by atoms with Gasteiger partial charge in [0, 0.05) is 22.4 Å². The Morgan fingerprint density at radius 2 is 1.78 bits per heavy atom. The zero-order chi connectivity index (χ0) is 17.6. The summed E-state index contributed by atoms with van der Waals surface area (Å²) in [5.74, 6) is 3.79. The molecule has 4 heteroatoms. The molecule has 0 amide bonds. The Hall–Kier alpha value is -2.07. The molecule has 0 radical (unpaired) electrons. The lowest BCUT2D eigenvalue weighted by Crippen LogP contribution is -2.48. The van der Waals surface area contributed by atoms with E-state index in [4.69, 9.17) is 9.40 Å². The number of thiazole rings is 1. The molecule has 4 aromatic rings. The summed E-state index contributed by atoms with van der Waals surface area (Å²) < 4.78 is 8.41. The maximum atomic E-state index is 6.14. The van der Waals surface area contributed by atoms with Crippen molar-refractivity contribution in [3.05, 3.63) is 47.6 Å². The van der Waals surface area contributed by atoms with E-state index in [1.807, 2.05) is 12.1 Å². The highest BCUT2D eigenvalue weighted by molar-refractivity contribution is 7.15. The zero-order valence-corrected chi connectivity index (χ0v) is 16.0. The van der Waals surface area contributed by atoms with Crippen LogP contribution in [0, 0.1) is 17.8 Å². The van der Waals surface area contributed by atoms with Gasteiger partial charge in [-0.2, -0.15) is 0 Å². The van der Waals surface area contributed by atoms with Crippen LogP contribution in [0.2, 0.25) is 0 Å². The molecule has 4 aliphatic rings. The lowest BCUT2D eigenvalue weighted by atomic mass is 9.49. The zero-order valence-electron chi connectivity index (χ0n) is 15.2. The van der Waals surface area contributed by atoms with E-state index in [-0.39, 0.29) is 0 Å². The van der Waals surface area contributed by atoms with Crippen LogP contribution in [0.25, 0.3) is 27.4 Å². The SMILES string of the molecule is c1ccc2oc(-c3csc4nc(C56CC7CC(CC(C7)C5)C6)cn34)cc2c1. The lowest BCUT2D eigenvalue weighted by Gasteiger charge is -2.56. The Morgan fingerprint density at radius 3 is 2.52 bits per heavy atom. The first kappa shape index (κ1) is 14.9. The van der Waals surface area contributed by atoms with Crippen LogP contribution in [0.15, 0.2) is 46.3 Å². The number of furan rings is 1. The average molecular weight is 375 g/mol. The van der Waals surface area contributed by atoms with Crippen molar-refractivity contribution in [1.29, 1.82) is 0 Å². The Labute approximate surface area is 162 Å². The van der Waals surface area contributed by atoms with Gasteiger partial charge in [-0.1, -0.05) is 18.2 Å². The molecule has 8 rings (SSSR count). The number of fused-ring (bicyclic) bond motifs is 2. The predicted molar refractivity (Wildman–Crippen MR) is 108 cm³/mol. The van der Waals surface area contributed by atoms with Crippen molar-refractivity contribution in [1.82, 2.24) is 9.38 Å². The first-order valence-corrected chi connectivity index (χ1v) is 11.1. The monoisotopic (exact) mass is 374 g/mol. The second kappa shape index (κ2) is 5.05. The lowest BCUT2D eigenvalue weighted by molar-refractivity contribution is -0.00696. The molecule has 0 spiro atoms. The molecule has 4 fully saturated rings. The van der Waals surface area contributed by atoms with Gasteiger partial charge in [-0.25, -0.2) is 4.98 Å². The van der Waals surface area contributed by atoms with Gasteiger partial charge < -0.3 is 4.42 Å². The molecule has 0 saturated heterocycles. The molecular formula is C23H22N2OS. The van der Waals surface area contributed by atoms with Gasteiger partial charge in [0.2, 0.25) is 0 Å². The van der Waals surface area contributed by atoms with E-state index < -0.39 is 0 Å². The normalized spacial score (nSPS) is 32.1. The Balaban J connectivity index is 1.35. The fourth-order valence-electron chi connectivity index (χ4n) is 6.75. The summed E-state index contributed by atoms with van der Waals surface area (Å²) in [6.45, 7) is 0. The van der Waals surface area contributed by atoms with Crippen LogP contribution < -0.4 is 0 Å². The van der Waals surface area contributed by atoms with Crippen LogP contribution in [0.3, 0.4) is 0 Å². The molecule has 136 valence electrons. The van der Waals surface area contributed by atoms with Crippen molar-refractivity contribution >= 4 is 27.3 Å². The average Bonchev–Trinajstić information content (AvgIpc) is 3.34. The van der Waals surface area contributed by atoms with Gasteiger partial charge in [0.15, 0.2) is 10.7 Å². The van der Waals surface area contributed by atoms with Crippen molar-refractivity contribution in [3.63, 3.8) is 0 Å². The number of benzene rings is 1. The molecule has 3 nitrogen and oxygen atoms in total. The number of imidazole rings is 1. The predicted octanol–water partition coefficient (Wildman–Crippen LogP) is 6.28. The van der Waals surface area contributed by atoms with Crippen LogP contribution in [0.1, 0.15) is 44.2 Å². The summed E-state index contributed by atoms with van der Waals surface area (Å²) in [5.41, 5.74) is 3.79. The third kappa shape index (κ3) is 2.05. The minimum Gasteiger partial charge on any atom is -0.454 e. The Kier molecular flexibility index (Phi) is 2.79. The largest absolute Gasteiger partial charge is 0.454 e. The van der Waals surface area contributed by atoms with Crippen LogP contribution in [0.5, 0.6) is 0 Å². The van der Waals surface area contributed by atoms with E-state index in [1.165, 1.54) is 44.2 Å². The summed E-state index contributed by atoms with van der Waals surface area (Å²) in [5, 5.41) is 3.34. The summed E-state index contributed by atoms with van der Waals surface area (Å²) in [6, 6.07) is 10.4. The van der Waals surface area contributed by atoms with Crippen LogP contribution in [-0.2, 0) is 5.41 Å². The van der Waals surface area contributed by atoms with Crippen molar-refractivity contribution < 1.29 is 4.42 Å². The number of rotatable bonds is 2. The van der Waals surface area contributed by atoms with Crippen LogP contribution >= 0.6 is 11.3 Å². The van der Waals surface area contributed by atoms with E-state index >= 15 is 0 Å². The molecule has 0 aliphatic heterocycles. The van der Waals surface area contributed by atoms with Gasteiger partial charge in [-0.3, -0.25) is 4.40 Å². The van der Waals surface area contributed by atoms with Gasteiger partial charge >= 0.3 is 0 Å². The number of hydrogen-bond donors (Lipinski definition) is 0. The van der Waals surface area contributed by atoms with Gasteiger partial charge in [-0.15, -0.1) is 11.3 Å². The van der Waals surface area contributed by atoms with Gasteiger partial charge in [0.05, 0.1) is 5.69 Å². The first-order chi connectivity index (χ1) is 13.3. The Bertz CT molecular complexity index is 1110. The third-order valence-corrected chi connectivity index (χ3v) is 8.31. The minimum absolute atomic E-state index is 0.353. The smallest absolute Gasteiger partial charge is 0.194 e. The van der Waals surface area contributed by atoms with Gasteiger partial charge in [0.25, 0.3) is 0 Å². The van der Waals surface area contributed by atoms with Crippen molar-refractivity contribution in [3.8, 4) is 11.5 Å². The standard InChI is InChI=1S/C23H22N2OS/c1-2-4-19-17(3-1)8-20(26-19)18-13-27-22-24-21(12-25(18)22)23-9-14-5-15(10-23)7-16(6-14)11-23/h1-4,8,12-16H,5-7,9-11H2. The Morgan fingerprint density at radius 1 is 1.04 bits per heavy atom. The highest BCUT2D eigenvalue weighted by Crippen LogP contribution is 2.60. The molecule has 27 heavy (non-hydrogen) atoms. The van der Waals surface area contributed by atoms with Gasteiger partial charge in [-0.05, 0) is 68.4 Å². The molecule has 4 aliphatic carbocycles. The van der Waals surface area contributed by atoms with Crippen LogP contribution in [-0.4, -0.2) is 9.38 Å². The van der Waals surface area contributed by atoms with E-state index in [2.05, 4.69) is 34.2 Å². The number of nitrogens with zero attached hydrogens (tertiary/aromatic N) is 2. The minimum atomic E-state index is 0.353. The van der Waals surface area contributed by atoms with Crippen LogP contribution in [0.4, 0.5) is 0 Å². The molecule has 4 bridgehead atoms. The summed E-state index contributed by atoms with van der Waals surface area (Å²) in [6.07, 6.45) is 10.9. The highest BCUT2D eigenvalue weighted by Gasteiger charge is 2.52. The number of hydrogen-bond acceptors (Lipinski definition) is 3. The molecule has 3 heterocycles. The first-order valence-electron chi connectivity index (χ1n) is 10.2. The molecule has 0 N–H and O–H groups in total. The van der Waals surface area contributed by atoms with Crippen molar-refractivity contribution in [2.24, 2.45) is 17.8 Å². The summed E-state index contributed by atoms with van der Waals surface area (Å²) in [4.78, 5) is 6.25. The quantitative estimate of drug-likeness (QED) is 0.413. The number of aromatic nitrogens is 2. The molecule has 0 unspecified atom stereocenters. The molecule has 0 atom stereocenters. The maximum Gasteiger partial charge on any atom is 0.194 e. The molecule has 1 aromatic carbocycles. The second-order valence-corrected chi connectivity index (χ2v) is 10.1. The fraction of sp³-hybridized carbons (Fsp3) is 0.435. The van der Waals surface area contributed by atoms with E-state index in [1.54, 1.807) is 11.3 Å². The third-order valence-electron chi connectivity index (χ3n) is 7.47. The molecule has 4 saturated carbocycles. The number of para-hydroxylation sites is 1. The maximum absolute atomic E-state index is 6.14. The van der Waals surface area contributed by atoms with E-state index in [0.29, 0.717) is 5.41 Å². The molecule has 3 aromatic heterocycles. The summed E-state index contributed by atoms with van der Waals surface area (Å²) in [7, 11) is 0. The molecular weight excluding hydrogens is 352 g/mol. The van der Waals surface area contributed by atoms with Crippen molar-refractivity contribution in [2.45, 2.75) is 43.9 Å². The fourth-order valence-corrected chi connectivity index (χ4v) is 7.61. The second-order valence-electron chi connectivity index (χ2n) is 9.25. The topological polar surface area (TPSA) is 30.4 Å². The van der Waals surface area contributed by atoms with E-state index in [9.17, 15) is 0 Å². The highest BCUT2D eigenvalue weighted by atomic mass is 32.1. The van der Waals surface area contributed by atoms with Gasteiger partial charge in [0.1, 0.15) is 11.3 Å².